The van der Waals surface area contributed by atoms with E-state index in [0.717, 1.165) is 55.8 Å². The topological polar surface area (TPSA) is 57.9 Å². The molecule has 2 aromatic rings. The molecule has 31 heavy (non-hydrogen) atoms. The Kier molecular flexibility index (Phi) is 7.48. The van der Waals surface area contributed by atoms with Gasteiger partial charge in [-0.1, -0.05) is 29.8 Å². The molecule has 2 aliphatic rings. The van der Waals surface area contributed by atoms with Crippen molar-refractivity contribution in [3.8, 4) is 0 Å². The fourth-order valence-corrected chi connectivity index (χ4v) is 4.63. The summed E-state index contributed by atoms with van der Waals surface area (Å²) in [7, 11) is 3.80. The number of benzene rings is 1. The van der Waals surface area contributed by atoms with E-state index in [2.05, 4.69) is 37.3 Å². The molecule has 1 unspecified atom stereocenters. The minimum atomic E-state index is 0.0362. The number of aliphatic imine (C=N–C) groups is 1. The van der Waals surface area contributed by atoms with Crippen LogP contribution in [0.5, 0.6) is 0 Å². The van der Waals surface area contributed by atoms with Crippen LogP contribution in [0.3, 0.4) is 0 Å². The largest absolute Gasteiger partial charge is 0.370 e. The Balaban J connectivity index is 1.23. The molecule has 7 nitrogen and oxygen atoms in total. The number of ether oxygens (including phenoxy) is 1. The van der Waals surface area contributed by atoms with Crippen LogP contribution in [-0.2, 0) is 18.3 Å². The minimum Gasteiger partial charge on any atom is -0.370 e. The van der Waals surface area contributed by atoms with E-state index in [1.807, 2.05) is 43.3 Å². The summed E-state index contributed by atoms with van der Waals surface area (Å²) in [5, 5.41) is 8.76. The number of guanidine groups is 1. The molecule has 1 aromatic heterocycles. The number of morpholine rings is 1. The molecule has 1 aromatic carbocycles. The highest BCUT2D eigenvalue weighted by molar-refractivity contribution is 6.31. The van der Waals surface area contributed by atoms with Crippen LogP contribution >= 0.6 is 11.6 Å². The normalized spacial score (nSPS) is 21.5. The van der Waals surface area contributed by atoms with Crippen molar-refractivity contribution in [1.29, 1.82) is 0 Å². The Morgan fingerprint density at radius 3 is 2.77 bits per heavy atom. The molecule has 0 amide bonds. The average Bonchev–Trinajstić information content (AvgIpc) is 3.23. The van der Waals surface area contributed by atoms with Gasteiger partial charge in [-0.3, -0.25) is 14.6 Å². The van der Waals surface area contributed by atoms with Crippen molar-refractivity contribution in [2.45, 2.75) is 25.5 Å². The monoisotopic (exact) mass is 444 g/mol. The number of hydrogen-bond acceptors (Lipinski definition) is 4. The first kappa shape index (κ1) is 22.1. The van der Waals surface area contributed by atoms with Gasteiger partial charge in [0.05, 0.1) is 19.3 Å². The number of aromatic nitrogens is 2. The maximum atomic E-state index is 6.33. The van der Waals surface area contributed by atoms with Gasteiger partial charge in [0.15, 0.2) is 5.96 Å². The Labute approximate surface area is 190 Å². The molecular formula is C23H33ClN6O. The quantitative estimate of drug-likeness (QED) is 0.567. The third-order valence-electron chi connectivity index (χ3n) is 6.28. The van der Waals surface area contributed by atoms with Crippen molar-refractivity contribution in [3.63, 3.8) is 0 Å². The van der Waals surface area contributed by atoms with Gasteiger partial charge >= 0.3 is 0 Å². The van der Waals surface area contributed by atoms with Crippen molar-refractivity contribution in [2.75, 3.05) is 46.4 Å². The number of piperidine rings is 1. The lowest BCUT2D eigenvalue weighted by Crippen LogP contribution is -2.49. The zero-order chi connectivity index (χ0) is 21.6. The minimum absolute atomic E-state index is 0.0362. The highest BCUT2D eigenvalue weighted by Crippen LogP contribution is 2.23. The molecule has 0 bridgehead atoms. The Morgan fingerprint density at radius 1 is 1.26 bits per heavy atom. The van der Waals surface area contributed by atoms with Gasteiger partial charge in [0.2, 0.25) is 0 Å². The van der Waals surface area contributed by atoms with E-state index >= 15 is 0 Å². The maximum absolute atomic E-state index is 6.33. The van der Waals surface area contributed by atoms with E-state index in [1.165, 1.54) is 18.4 Å². The van der Waals surface area contributed by atoms with Crippen LogP contribution in [-0.4, -0.2) is 71.9 Å². The summed E-state index contributed by atoms with van der Waals surface area (Å²) in [5.41, 5.74) is 2.34. The number of nitrogens with zero attached hydrogens (tertiary/aromatic N) is 5. The molecule has 0 spiro atoms. The van der Waals surface area contributed by atoms with Gasteiger partial charge < -0.3 is 15.0 Å². The van der Waals surface area contributed by atoms with Crippen LogP contribution < -0.4 is 5.32 Å². The molecule has 1 atom stereocenters. The van der Waals surface area contributed by atoms with Gasteiger partial charge in [-0.05, 0) is 43.5 Å². The lowest BCUT2D eigenvalue weighted by atomic mass is 9.96. The van der Waals surface area contributed by atoms with Gasteiger partial charge in [-0.2, -0.15) is 5.10 Å². The van der Waals surface area contributed by atoms with Crippen molar-refractivity contribution in [1.82, 2.24) is 24.9 Å². The summed E-state index contributed by atoms with van der Waals surface area (Å²) >= 11 is 6.33. The zero-order valence-electron chi connectivity index (χ0n) is 18.5. The summed E-state index contributed by atoms with van der Waals surface area (Å²) in [6.07, 6.45) is 6.34. The first-order valence-corrected chi connectivity index (χ1v) is 11.5. The van der Waals surface area contributed by atoms with Gasteiger partial charge in [0.1, 0.15) is 6.10 Å². The Hall–Kier alpha value is -2.09. The second-order valence-electron chi connectivity index (χ2n) is 8.49. The van der Waals surface area contributed by atoms with Gasteiger partial charge in [0, 0.05) is 50.5 Å². The second kappa shape index (κ2) is 10.5. The standard InChI is InChI=1S/C23H33ClN6O/c1-25-23(30-11-12-31-22(17-30)20-14-27-28(2)15-20)26-13-18-7-9-29(10-8-18)16-19-5-3-4-6-21(19)24/h3-6,14-15,18,22H,7-13,16-17H2,1-2H3,(H,25,26). The fourth-order valence-electron chi connectivity index (χ4n) is 4.43. The van der Waals surface area contributed by atoms with E-state index in [1.54, 1.807) is 0 Å². The molecule has 2 fully saturated rings. The summed E-state index contributed by atoms with van der Waals surface area (Å²) < 4.78 is 7.80. The van der Waals surface area contributed by atoms with Gasteiger partial charge in [-0.25, -0.2) is 0 Å². The van der Waals surface area contributed by atoms with Crippen LogP contribution in [0.15, 0.2) is 41.7 Å². The van der Waals surface area contributed by atoms with Crippen molar-refractivity contribution < 1.29 is 4.74 Å². The molecule has 4 rings (SSSR count). The van der Waals surface area contributed by atoms with Crippen molar-refractivity contribution >= 4 is 17.6 Å². The second-order valence-corrected chi connectivity index (χ2v) is 8.90. The van der Waals surface area contributed by atoms with Crippen molar-refractivity contribution in [3.05, 3.63) is 52.8 Å². The lowest BCUT2D eigenvalue weighted by Gasteiger charge is -2.36. The average molecular weight is 445 g/mol. The zero-order valence-corrected chi connectivity index (χ0v) is 19.3. The molecule has 8 heteroatoms. The third kappa shape index (κ3) is 5.79. The number of nitrogens with one attached hydrogen (secondary N) is 1. The number of aryl methyl sites for hydroxylation is 1. The molecule has 2 aliphatic heterocycles. The molecular weight excluding hydrogens is 412 g/mol. The maximum Gasteiger partial charge on any atom is 0.193 e. The number of hydrogen-bond donors (Lipinski definition) is 1. The van der Waals surface area contributed by atoms with Crippen LogP contribution in [0.4, 0.5) is 0 Å². The SMILES string of the molecule is CN=C(NCC1CCN(Cc2ccccc2Cl)CC1)N1CCOC(c2cnn(C)c2)C1. The summed E-state index contributed by atoms with van der Waals surface area (Å²) in [4.78, 5) is 9.35. The molecule has 0 saturated carbocycles. The number of likely N-dealkylation sites (tertiary alicyclic amines) is 1. The van der Waals surface area contributed by atoms with Crippen LogP contribution in [0.1, 0.15) is 30.1 Å². The molecule has 168 valence electrons. The van der Waals surface area contributed by atoms with Crippen LogP contribution in [0.25, 0.3) is 0 Å². The highest BCUT2D eigenvalue weighted by Gasteiger charge is 2.26. The number of rotatable bonds is 5. The molecule has 0 radical (unpaired) electrons. The summed E-state index contributed by atoms with van der Waals surface area (Å²) in [6.45, 7) is 6.45. The Morgan fingerprint density at radius 2 is 2.06 bits per heavy atom. The van der Waals surface area contributed by atoms with E-state index < -0.39 is 0 Å². The predicted molar refractivity (Wildman–Crippen MR) is 124 cm³/mol. The summed E-state index contributed by atoms with van der Waals surface area (Å²) in [6, 6.07) is 8.16. The molecule has 2 saturated heterocycles. The van der Waals surface area contributed by atoms with E-state index in [0.29, 0.717) is 12.5 Å². The van der Waals surface area contributed by atoms with Gasteiger partial charge in [-0.15, -0.1) is 0 Å². The predicted octanol–water partition coefficient (Wildman–Crippen LogP) is 2.93. The van der Waals surface area contributed by atoms with Crippen LogP contribution in [0.2, 0.25) is 5.02 Å². The van der Waals surface area contributed by atoms with Crippen molar-refractivity contribution in [2.24, 2.45) is 18.0 Å². The van der Waals surface area contributed by atoms with E-state index in [-0.39, 0.29) is 6.10 Å². The molecule has 1 N–H and O–H groups in total. The Bertz CT molecular complexity index is 876. The first-order chi connectivity index (χ1) is 15.1. The van der Waals surface area contributed by atoms with E-state index in [9.17, 15) is 0 Å². The third-order valence-corrected chi connectivity index (χ3v) is 6.65. The molecule has 0 aliphatic carbocycles. The summed E-state index contributed by atoms with van der Waals surface area (Å²) in [5.74, 6) is 1.63. The molecule has 3 heterocycles. The lowest BCUT2D eigenvalue weighted by molar-refractivity contribution is -0.00812. The van der Waals surface area contributed by atoms with Crippen LogP contribution in [0, 0.1) is 5.92 Å². The highest BCUT2D eigenvalue weighted by atomic mass is 35.5. The van der Waals surface area contributed by atoms with Gasteiger partial charge in [0.25, 0.3) is 0 Å². The smallest absolute Gasteiger partial charge is 0.193 e. The van der Waals surface area contributed by atoms with E-state index in [4.69, 9.17) is 16.3 Å². The fraction of sp³-hybridized carbons (Fsp3) is 0.565. The first-order valence-electron chi connectivity index (χ1n) is 11.1. The number of halogens is 1.